The lowest BCUT2D eigenvalue weighted by Gasteiger charge is -1.98. The highest BCUT2D eigenvalue weighted by molar-refractivity contribution is 5.60. The van der Waals surface area contributed by atoms with E-state index in [0.717, 1.165) is 22.3 Å². The van der Waals surface area contributed by atoms with Crippen LogP contribution in [0.25, 0.3) is 0 Å². The number of para-hydroxylation sites is 1. The molecule has 0 aliphatic heterocycles. The summed E-state index contributed by atoms with van der Waals surface area (Å²) >= 11 is 0. The highest BCUT2D eigenvalue weighted by Crippen LogP contribution is 2.11. The van der Waals surface area contributed by atoms with Crippen LogP contribution in [-0.4, -0.2) is 0 Å². The first-order valence-electron chi connectivity index (χ1n) is 7.77. The number of anilines is 1. The molecule has 0 aliphatic rings. The molecule has 0 heterocycles. The van der Waals surface area contributed by atoms with Crippen LogP contribution in [0.15, 0.2) is 72.8 Å². The normalized spacial score (nSPS) is 9.38. The van der Waals surface area contributed by atoms with Gasteiger partial charge in [-0.15, -0.1) is 0 Å². The lowest BCUT2D eigenvalue weighted by Crippen LogP contribution is -1.89. The number of benzene rings is 3. The van der Waals surface area contributed by atoms with Crippen LogP contribution in [-0.2, 0) is 0 Å². The average molecular weight is 307 g/mol. The van der Waals surface area contributed by atoms with Gasteiger partial charge in [-0.2, -0.15) is 0 Å². The van der Waals surface area contributed by atoms with Gasteiger partial charge in [0.05, 0.1) is 0 Å². The SMILES string of the molecule is Cc1ccccc1C#Cc1ccccc1C#Cc1ccccc1N. The van der Waals surface area contributed by atoms with Crippen LogP contribution in [0.5, 0.6) is 0 Å². The molecule has 0 atom stereocenters. The van der Waals surface area contributed by atoms with Crippen LogP contribution in [0, 0.1) is 30.6 Å². The van der Waals surface area contributed by atoms with E-state index in [1.165, 1.54) is 5.56 Å². The predicted octanol–water partition coefficient (Wildman–Crippen LogP) is 4.38. The van der Waals surface area contributed by atoms with Crippen LogP contribution in [0.3, 0.4) is 0 Å². The smallest absolute Gasteiger partial charge is 0.0478 e. The van der Waals surface area contributed by atoms with Crippen molar-refractivity contribution in [1.82, 2.24) is 0 Å². The minimum Gasteiger partial charge on any atom is -0.398 e. The summed E-state index contributed by atoms with van der Waals surface area (Å²) in [6.07, 6.45) is 0. The molecule has 0 saturated heterocycles. The van der Waals surface area contributed by atoms with Gasteiger partial charge in [-0.25, -0.2) is 0 Å². The Morgan fingerprint density at radius 1 is 0.542 bits per heavy atom. The van der Waals surface area contributed by atoms with Gasteiger partial charge >= 0.3 is 0 Å². The molecular weight excluding hydrogens is 290 g/mol. The van der Waals surface area contributed by atoms with E-state index in [9.17, 15) is 0 Å². The van der Waals surface area contributed by atoms with Gasteiger partial charge in [0.15, 0.2) is 0 Å². The van der Waals surface area contributed by atoms with E-state index in [-0.39, 0.29) is 0 Å². The molecule has 0 unspecified atom stereocenters. The Labute approximate surface area is 143 Å². The maximum atomic E-state index is 5.94. The van der Waals surface area contributed by atoms with Crippen molar-refractivity contribution in [2.75, 3.05) is 5.73 Å². The molecule has 3 rings (SSSR count). The van der Waals surface area contributed by atoms with Crippen molar-refractivity contribution in [3.8, 4) is 23.7 Å². The van der Waals surface area contributed by atoms with Gasteiger partial charge in [0, 0.05) is 27.9 Å². The summed E-state index contributed by atoms with van der Waals surface area (Å²) in [7, 11) is 0. The Morgan fingerprint density at radius 3 is 1.54 bits per heavy atom. The zero-order valence-corrected chi connectivity index (χ0v) is 13.5. The maximum absolute atomic E-state index is 5.94. The first kappa shape index (κ1) is 15.5. The number of nitrogen functional groups attached to an aromatic ring is 1. The molecule has 0 aromatic heterocycles. The molecule has 0 bridgehead atoms. The van der Waals surface area contributed by atoms with Gasteiger partial charge in [-0.3, -0.25) is 0 Å². The van der Waals surface area contributed by atoms with Crippen molar-refractivity contribution >= 4 is 5.69 Å². The second-order valence-electron chi connectivity index (χ2n) is 5.45. The van der Waals surface area contributed by atoms with Crippen molar-refractivity contribution in [2.24, 2.45) is 0 Å². The van der Waals surface area contributed by atoms with Crippen LogP contribution in [0.2, 0.25) is 0 Å². The summed E-state index contributed by atoms with van der Waals surface area (Å²) < 4.78 is 0. The molecule has 3 aromatic carbocycles. The van der Waals surface area contributed by atoms with Gasteiger partial charge < -0.3 is 5.73 Å². The predicted molar refractivity (Wildman–Crippen MR) is 100 cm³/mol. The van der Waals surface area contributed by atoms with E-state index in [2.05, 4.69) is 36.7 Å². The van der Waals surface area contributed by atoms with Gasteiger partial charge in [0.25, 0.3) is 0 Å². The highest BCUT2D eigenvalue weighted by Gasteiger charge is 1.97. The largest absolute Gasteiger partial charge is 0.398 e. The summed E-state index contributed by atoms with van der Waals surface area (Å²) in [5.41, 5.74) is 11.5. The van der Waals surface area contributed by atoms with Crippen LogP contribution >= 0.6 is 0 Å². The van der Waals surface area contributed by atoms with E-state index >= 15 is 0 Å². The number of rotatable bonds is 0. The topological polar surface area (TPSA) is 26.0 Å². The molecular formula is C23H17N. The van der Waals surface area contributed by atoms with E-state index in [1.807, 2.05) is 66.7 Å². The highest BCUT2D eigenvalue weighted by atomic mass is 14.5. The third-order valence-corrected chi connectivity index (χ3v) is 3.70. The minimum atomic E-state index is 0.688. The van der Waals surface area contributed by atoms with E-state index in [4.69, 9.17) is 5.73 Å². The second-order valence-corrected chi connectivity index (χ2v) is 5.45. The number of hydrogen-bond donors (Lipinski definition) is 1. The third kappa shape index (κ3) is 3.67. The zero-order chi connectivity index (χ0) is 16.8. The lowest BCUT2D eigenvalue weighted by molar-refractivity contribution is 1.44. The molecule has 0 spiro atoms. The maximum Gasteiger partial charge on any atom is 0.0478 e. The Kier molecular flexibility index (Phi) is 4.66. The molecule has 0 aliphatic carbocycles. The molecule has 0 amide bonds. The van der Waals surface area contributed by atoms with Gasteiger partial charge in [0.1, 0.15) is 0 Å². The molecule has 114 valence electrons. The van der Waals surface area contributed by atoms with Crippen molar-refractivity contribution in [2.45, 2.75) is 6.92 Å². The summed E-state index contributed by atoms with van der Waals surface area (Å²) in [5, 5.41) is 0. The molecule has 0 radical (unpaired) electrons. The Hall–Kier alpha value is -3.42. The minimum absolute atomic E-state index is 0.688. The number of aryl methyl sites for hydroxylation is 1. The fourth-order valence-electron chi connectivity index (χ4n) is 2.29. The van der Waals surface area contributed by atoms with Crippen molar-refractivity contribution < 1.29 is 0 Å². The molecule has 24 heavy (non-hydrogen) atoms. The van der Waals surface area contributed by atoms with Gasteiger partial charge in [0.2, 0.25) is 0 Å². The monoisotopic (exact) mass is 307 g/mol. The van der Waals surface area contributed by atoms with Crippen molar-refractivity contribution in [3.63, 3.8) is 0 Å². The van der Waals surface area contributed by atoms with Crippen LogP contribution in [0.1, 0.15) is 27.8 Å². The first-order valence-corrected chi connectivity index (χ1v) is 7.77. The Bertz CT molecular complexity index is 909. The molecule has 1 nitrogen and oxygen atoms in total. The summed E-state index contributed by atoms with van der Waals surface area (Å²) in [5.74, 6) is 12.8. The fourth-order valence-corrected chi connectivity index (χ4v) is 2.29. The quantitative estimate of drug-likeness (QED) is 0.484. The summed E-state index contributed by atoms with van der Waals surface area (Å²) in [4.78, 5) is 0. The second kappa shape index (κ2) is 7.23. The van der Waals surface area contributed by atoms with Gasteiger partial charge in [-0.05, 0) is 42.8 Å². The van der Waals surface area contributed by atoms with E-state index in [1.54, 1.807) is 0 Å². The number of hydrogen-bond acceptors (Lipinski definition) is 1. The van der Waals surface area contributed by atoms with Gasteiger partial charge in [-0.1, -0.05) is 66.1 Å². The zero-order valence-electron chi connectivity index (χ0n) is 13.5. The van der Waals surface area contributed by atoms with Crippen LogP contribution in [0.4, 0.5) is 5.69 Å². The average Bonchev–Trinajstić information content (AvgIpc) is 2.61. The summed E-state index contributed by atoms with van der Waals surface area (Å²) in [6.45, 7) is 2.06. The lowest BCUT2D eigenvalue weighted by atomic mass is 10.1. The summed E-state index contributed by atoms with van der Waals surface area (Å²) in [6, 6.07) is 23.6. The molecule has 3 aromatic rings. The first-order chi connectivity index (χ1) is 11.7. The fraction of sp³-hybridized carbons (Fsp3) is 0.0435. The standard InChI is InChI=1S/C23H17N/c1-18-8-2-3-9-19(18)14-15-20-10-4-5-11-21(20)16-17-22-12-6-7-13-23(22)24/h2-13H,24H2,1H3. The molecule has 2 N–H and O–H groups in total. The van der Waals surface area contributed by atoms with Crippen molar-refractivity contribution in [3.05, 3.63) is 101 Å². The van der Waals surface area contributed by atoms with Crippen molar-refractivity contribution in [1.29, 1.82) is 0 Å². The third-order valence-electron chi connectivity index (χ3n) is 3.70. The van der Waals surface area contributed by atoms with E-state index < -0.39 is 0 Å². The van der Waals surface area contributed by atoms with Crippen LogP contribution < -0.4 is 5.73 Å². The Balaban J connectivity index is 1.96. The molecule has 0 saturated carbocycles. The van der Waals surface area contributed by atoms with E-state index in [0.29, 0.717) is 5.69 Å². The molecule has 1 heteroatoms. The molecule has 0 fully saturated rings. The Morgan fingerprint density at radius 2 is 0.958 bits per heavy atom. The number of nitrogens with two attached hydrogens (primary N) is 1.